The van der Waals surface area contributed by atoms with Gasteiger partial charge in [0.25, 0.3) is 0 Å². The van der Waals surface area contributed by atoms with Crippen LogP contribution in [0.5, 0.6) is 0 Å². The Kier molecular flexibility index (Phi) is 3.07. The Bertz CT molecular complexity index is 781. The standard InChI is InChI=1S/C15H14FN5S/c16-10-5-3-9(4-6-10)11-8-12(13-2-1-7-22-13)21-15(18-11)19-14(17)20-21/h1-7,11-12H,8H2,(H3,17,18,19,20)/t11-,12-/m0/s1. The summed E-state index contributed by atoms with van der Waals surface area (Å²) in [5, 5.41) is 9.68. The largest absolute Gasteiger partial charge is 0.366 e. The van der Waals surface area contributed by atoms with Crippen LogP contribution in [0.25, 0.3) is 0 Å². The second kappa shape index (κ2) is 5.10. The Morgan fingerprint density at radius 3 is 2.82 bits per heavy atom. The van der Waals surface area contributed by atoms with Crippen LogP contribution in [0, 0.1) is 5.82 Å². The van der Waals surface area contributed by atoms with Crippen LogP contribution < -0.4 is 11.1 Å². The predicted molar refractivity (Wildman–Crippen MR) is 84.3 cm³/mol. The Hall–Kier alpha value is -2.41. The lowest BCUT2D eigenvalue weighted by Crippen LogP contribution is -2.27. The quantitative estimate of drug-likeness (QED) is 0.762. The number of halogens is 1. The van der Waals surface area contributed by atoms with Gasteiger partial charge in [-0.2, -0.15) is 4.98 Å². The van der Waals surface area contributed by atoms with Crippen molar-refractivity contribution < 1.29 is 4.39 Å². The molecule has 4 rings (SSSR count). The Balaban J connectivity index is 1.74. The smallest absolute Gasteiger partial charge is 0.241 e. The number of benzene rings is 1. The fourth-order valence-electron chi connectivity index (χ4n) is 2.83. The number of fused-ring (bicyclic) bond motifs is 1. The molecule has 5 nitrogen and oxygen atoms in total. The molecule has 0 bridgehead atoms. The normalized spacial score (nSPS) is 20.4. The minimum absolute atomic E-state index is 0.0452. The van der Waals surface area contributed by atoms with Gasteiger partial charge in [0.2, 0.25) is 11.9 Å². The molecule has 1 aliphatic heterocycles. The minimum atomic E-state index is -0.234. The number of nitrogens with zero attached hydrogens (tertiary/aromatic N) is 3. The number of nitrogens with two attached hydrogens (primary N) is 1. The number of thiophene rings is 1. The SMILES string of the molecule is Nc1nc2n(n1)[C@H](c1cccs1)C[C@@H](c1ccc(F)cc1)N2. The van der Waals surface area contributed by atoms with Gasteiger partial charge in [0.15, 0.2) is 0 Å². The van der Waals surface area contributed by atoms with Crippen LogP contribution in [0.3, 0.4) is 0 Å². The number of anilines is 2. The van der Waals surface area contributed by atoms with E-state index >= 15 is 0 Å². The molecule has 3 N–H and O–H groups in total. The van der Waals surface area contributed by atoms with E-state index in [9.17, 15) is 4.39 Å². The lowest BCUT2D eigenvalue weighted by atomic mass is 9.97. The van der Waals surface area contributed by atoms with Gasteiger partial charge in [-0.15, -0.1) is 16.4 Å². The van der Waals surface area contributed by atoms with Crippen LogP contribution in [0.15, 0.2) is 41.8 Å². The molecule has 0 fully saturated rings. The number of hydrogen-bond acceptors (Lipinski definition) is 5. The van der Waals surface area contributed by atoms with E-state index in [0.29, 0.717) is 5.95 Å². The second-order valence-electron chi connectivity index (χ2n) is 5.25. The summed E-state index contributed by atoms with van der Waals surface area (Å²) in [6, 6.07) is 10.8. The summed E-state index contributed by atoms with van der Waals surface area (Å²) in [5.41, 5.74) is 6.77. The first-order valence-corrected chi connectivity index (χ1v) is 7.86. The average molecular weight is 315 g/mol. The molecule has 22 heavy (non-hydrogen) atoms. The molecule has 1 aromatic carbocycles. The predicted octanol–water partition coefficient (Wildman–Crippen LogP) is 3.21. The summed E-state index contributed by atoms with van der Waals surface area (Å²) in [7, 11) is 0. The van der Waals surface area contributed by atoms with Crippen molar-refractivity contribution in [1.29, 1.82) is 0 Å². The average Bonchev–Trinajstić information content (AvgIpc) is 3.15. The molecule has 112 valence electrons. The lowest BCUT2D eigenvalue weighted by molar-refractivity contribution is 0.437. The molecule has 0 radical (unpaired) electrons. The molecule has 3 heterocycles. The monoisotopic (exact) mass is 315 g/mol. The van der Waals surface area contributed by atoms with E-state index < -0.39 is 0 Å². The van der Waals surface area contributed by atoms with Crippen molar-refractivity contribution in [1.82, 2.24) is 14.8 Å². The van der Waals surface area contributed by atoms with Gasteiger partial charge in [-0.05, 0) is 35.6 Å². The van der Waals surface area contributed by atoms with Crippen LogP contribution in [0.2, 0.25) is 0 Å². The number of nitrogen functional groups attached to an aromatic ring is 1. The molecular formula is C15H14FN5S. The third-order valence-electron chi connectivity index (χ3n) is 3.85. The van der Waals surface area contributed by atoms with Gasteiger partial charge in [0.05, 0.1) is 12.1 Å². The van der Waals surface area contributed by atoms with E-state index in [4.69, 9.17) is 5.73 Å². The molecule has 0 spiro atoms. The Morgan fingerprint density at radius 1 is 1.27 bits per heavy atom. The molecule has 0 amide bonds. The zero-order valence-electron chi connectivity index (χ0n) is 11.6. The van der Waals surface area contributed by atoms with Crippen LogP contribution in [-0.2, 0) is 0 Å². The van der Waals surface area contributed by atoms with Gasteiger partial charge in [-0.25, -0.2) is 9.07 Å². The number of hydrogen-bond donors (Lipinski definition) is 2. The van der Waals surface area contributed by atoms with Crippen molar-refractivity contribution in [3.63, 3.8) is 0 Å². The zero-order valence-corrected chi connectivity index (χ0v) is 12.4. The first kappa shape index (κ1) is 13.3. The van der Waals surface area contributed by atoms with Gasteiger partial charge in [0.1, 0.15) is 5.82 Å². The topological polar surface area (TPSA) is 68.8 Å². The molecular weight excluding hydrogens is 301 g/mol. The summed E-state index contributed by atoms with van der Waals surface area (Å²) < 4.78 is 15.0. The lowest BCUT2D eigenvalue weighted by Gasteiger charge is -2.30. The van der Waals surface area contributed by atoms with Crippen molar-refractivity contribution in [2.24, 2.45) is 0 Å². The molecule has 1 aliphatic rings. The first-order chi connectivity index (χ1) is 10.7. The van der Waals surface area contributed by atoms with Crippen molar-refractivity contribution in [3.05, 3.63) is 58.0 Å². The van der Waals surface area contributed by atoms with E-state index in [0.717, 1.165) is 12.0 Å². The third-order valence-corrected chi connectivity index (χ3v) is 4.82. The number of rotatable bonds is 2. The van der Waals surface area contributed by atoms with Crippen LogP contribution in [-0.4, -0.2) is 14.8 Å². The van der Waals surface area contributed by atoms with Crippen molar-refractivity contribution in [3.8, 4) is 0 Å². The number of aromatic nitrogens is 3. The van der Waals surface area contributed by atoms with Crippen LogP contribution >= 0.6 is 11.3 Å². The molecule has 7 heteroatoms. The summed E-state index contributed by atoms with van der Waals surface area (Å²) >= 11 is 1.68. The van der Waals surface area contributed by atoms with Crippen LogP contribution in [0.1, 0.15) is 28.9 Å². The van der Waals surface area contributed by atoms with E-state index in [1.165, 1.54) is 17.0 Å². The maximum atomic E-state index is 13.1. The highest BCUT2D eigenvalue weighted by Gasteiger charge is 2.31. The second-order valence-corrected chi connectivity index (χ2v) is 6.23. The fraction of sp³-hybridized carbons (Fsp3) is 0.200. The van der Waals surface area contributed by atoms with Gasteiger partial charge < -0.3 is 11.1 Å². The third kappa shape index (κ3) is 2.23. The Morgan fingerprint density at radius 2 is 2.09 bits per heavy atom. The molecule has 3 aromatic rings. The van der Waals surface area contributed by atoms with Gasteiger partial charge >= 0.3 is 0 Å². The van der Waals surface area contributed by atoms with Gasteiger partial charge in [-0.3, -0.25) is 0 Å². The summed E-state index contributed by atoms with van der Waals surface area (Å²) in [6.07, 6.45) is 0.807. The minimum Gasteiger partial charge on any atom is -0.366 e. The molecule has 0 saturated carbocycles. The highest BCUT2D eigenvalue weighted by atomic mass is 32.1. The van der Waals surface area contributed by atoms with Crippen molar-refractivity contribution >= 4 is 23.2 Å². The maximum absolute atomic E-state index is 13.1. The highest BCUT2D eigenvalue weighted by molar-refractivity contribution is 7.10. The molecule has 2 atom stereocenters. The molecule has 0 saturated heterocycles. The summed E-state index contributed by atoms with van der Waals surface area (Å²) in [4.78, 5) is 5.46. The maximum Gasteiger partial charge on any atom is 0.241 e. The molecule has 2 aromatic heterocycles. The molecule has 0 unspecified atom stereocenters. The van der Waals surface area contributed by atoms with Crippen molar-refractivity contribution in [2.75, 3.05) is 11.1 Å². The van der Waals surface area contributed by atoms with Crippen molar-refractivity contribution in [2.45, 2.75) is 18.5 Å². The number of nitrogens with one attached hydrogen (secondary N) is 1. The van der Waals surface area contributed by atoms with E-state index in [1.807, 2.05) is 16.1 Å². The fourth-order valence-corrected chi connectivity index (χ4v) is 3.65. The zero-order chi connectivity index (χ0) is 15.1. The summed E-state index contributed by atoms with van der Waals surface area (Å²) in [5.74, 6) is 0.669. The van der Waals surface area contributed by atoms with E-state index in [1.54, 1.807) is 23.5 Å². The van der Waals surface area contributed by atoms with Crippen LogP contribution in [0.4, 0.5) is 16.3 Å². The molecule has 0 aliphatic carbocycles. The Labute approximate surface area is 130 Å². The van der Waals surface area contributed by atoms with E-state index in [2.05, 4.69) is 21.5 Å². The van der Waals surface area contributed by atoms with E-state index in [-0.39, 0.29) is 23.8 Å². The van der Waals surface area contributed by atoms with Gasteiger partial charge in [-0.1, -0.05) is 18.2 Å². The first-order valence-electron chi connectivity index (χ1n) is 6.98. The summed E-state index contributed by atoms with van der Waals surface area (Å²) in [6.45, 7) is 0. The highest BCUT2D eigenvalue weighted by Crippen LogP contribution is 2.39. The van der Waals surface area contributed by atoms with Gasteiger partial charge in [0, 0.05) is 4.88 Å².